The summed E-state index contributed by atoms with van der Waals surface area (Å²) < 4.78 is 10.9. The van der Waals surface area contributed by atoms with Crippen molar-refractivity contribution in [3.05, 3.63) is 95.2 Å². The van der Waals surface area contributed by atoms with E-state index in [0.29, 0.717) is 29.2 Å². The lowest BCUT2D eigenvalue weighted by Gasteiger charge is -2.13. The van der Waals surface area contributed by atoms with Crippen molar-refractivity contribution in [2.75, 3.05) is 32.7 Å². The van der Waals surface area contributed by atoms with E-state index < -0.39 is 11.8 Å². The quantitative estimate of drug-likeness (QED) is 0.256. The van der Waals surface area contributed by atoms with Crippen LogP contribution in [0, 0.1) is 0 Å². The molecule has 0 aliphatic carbocycles. The molecule has 8 nitrogen and oxygen atoms in total. The lowest BCUT2D eigenvalue weighted by atomic mass is 10.1. The summed E-state index contributed by atoms with van der Waals surface area (Å²) in [5.74, 6) is 0.215. The number of amides is 2. The number of carbonyl (C=O) groups excluding carboxylic acids is 2. The Balaban J connectivity index is 1.81. The van der Waals surface area contributed by atoms with E-state index in [1.807, 2.05) is 56.3 Å². The van der Waals surface area contributed by atoms with Crippen LogP contribution in [-0.2, 0) is 4.79 Å². The Morgan fingerprint density at radius 1 is 0.944 bits per heavy atom. The number of nitrogens with one attached hydrogen (secondary N) is 2. The van der Waals surface area contributed by atoms with E-state index in [2.05, 4.69) is 15.8 Å². The first-order chi connectivity index (χ1) is 17.4. The summed E-state index contributed by atoms with van der Waals surface area (Å²) in [6, 6.07) is 21.6. The largest absolute Gasteiger partial charge is 0.493 e. The Morgan fingerprint density at radius 2 is 1.64 bits per heavy atom. The Labute approximate surface area is 211 Å². The lowest BCUT2D eigenvalue weighted by Crippen LogP contribution is -2.32. The minimum absolute atomic E-state index is 0.0587. The summed E-state index contributed by atoms with van der Waals surface area (Å²) in [4.78, 5) is 27.7. The second-order valence-corrected chi connectivity index (χ2v) is 7.91. The van der Waals surface area contributed by atoms with E-state index in [9.17, 15) is 9.59 Å². The van der Waals surface area contributed by atoms with Gasteiger partial charge in [0.2, 0.25) is 0 Å². The van der Waals surface area contributed by atoms with E-state index in [4.69, 9.17) is 9.47 Å². The first kappa shape index (κ1) is 26.0. The highest BCUT2D eigenvalue weighted by Gasteiger charge is 2.14. The molecule has 0 bridgehead atoms. The van der Waals surface area contributed by atoms with Crippen LogP contribution in [0.5, 0.6) is 11.5 Å². The van der Waals surface area contributed by atoms with Crippen molar-refractivity contribution in [3.63, 3.8) is 0 Å². The van der Waals surface area contributed by atoms with Crippen LogP contribution in [-0.4, -0.2) is 45.8 Å². The van der Waals surface area contributed by atoms with Gasteiger partial charge in [-0.05, 0) is 66.6 Å². The number of ether oxygens (including phenoxy) is 2. The number of carbonyl (C=O) groups is 2. The van der Waals surface area contributed by atoms with E-state index in [1.165, 1.54) is 6.21 Å². The molecular formula is C28H30N4O4. The summed E-state index contributed by atoms with van der Waals surface area (Å²) in [5, 5.41) is 6.76. The van der Waals surface area contributed by atoms with E-state index in [1.54, 1.807) is 55.7 Å². The molecule has 8 heteroatoms. The van der Waals surface area contributed by atoms with Crippen molar-refractivity contribution in [3.8, 4) is 11.5 Å². The van der Waals surface area contributed by atoms with Crippen LogP contribution in [0.1, 0.15) is 28.4 Å². The molecule has 0 fully saturated rings. The van der Waals surface area contributed by atoms with Crippen LogP contribution in [0.25, 0.3) is 6.08 Å². The van der Waals surface area contributed by atoms with Gasteiger partial charge in [-0.15, -0.1) is 0 Å². The van der Waals surface area contributed by atoms with Crippen molar-refractivity contribution in [1.82, 2.24) is 10.7 Å². The van der Waals surface area contributed by atoms with Gasteiger partial charge in [0.05, 0.1) is 19.9 Å². The van der Waals surface area contributed by atoms with Gasteiger partial charge in [-0.1, -0.05) is 30.3 Å². The van der Waals surface area contributed by atoms with Crippen molar-refractivity contribution >= 4 is 29.8 Å². The number of benzene rings is 3. The van der Waals surface area contributed by atoms with Gasteiger partial charge in [-0.2, -0.15) is 5.10 Å². The van der Waals surface area contributed by atoms with Gasteiger partial charge in [0.25, 0.3) is 11.8 Å². The molecule has 2 amide bonds. The molecule has 3 aromatic rings. The number of methoxy groups -OCH3 is 1. The lowest BCUT2D eigenvalue weighted by molar-refractivity contribution is -0.117. The fraction of sp³-hybridized carbons (Fsp3) is 0.179. The van der Waals surface area contributed by atoms with Gasteiger partial charge >= 0.3 is 0 Å². The molecular weight excluding hydrogens is 456 g/mol. The molecule has 0 atom stereocenters. The van der Waals surface area contributed by atoms with Gasteiger partial charge in [0.15, 0.2) is 11.5 Å². The maximum atomic E-state index is 13.0. The molecule has 3 aromatic carbocycles. The number of rotatable bonds is 10. The molecule has 0 aliphatic rings. The van der Waals surface area contributed by atoms with E-state index in [-0.39, 0.29) is 5.70 Å². The molecule has 0 aliphatic heterocycles. The highest BCUT2D eigenvalue weighted by molar-refractivity contribution is 6.05. The zero-order chi connectivity index (χ0) is 25.9. The van der Waals surface area contributed by atoms with Crippen molar-refractivity contribution in [2.24, 2.45) is 5.10 Å². The van der Waals surface area contributed by atoms with Crippen LogP contribution in [0.4, 0.5) is 5.69 Å². The molecule has 0 unspecified atom stereocenters. The van der Waals surface area contributed by atoms with Crippen molar-refractivity contribution in [1.29, 1.82) is 0 Å². The normalized spacial score (nSPS) is 11.2. The van der Waals surface area contributed by atoms with Crippen molar-refractivity contribution < 1.29 is 19.1 Å². The Morgan fingerprint density at radius 3 is 2.28 bits per heavy atom. The molecule has 0 saturated carbocycles. The van der Waals surface area contributed by atoms with Crippen LogP contribution < -0.4 is 25.1 Å². The average molecular weight is 487 g/mol. The standard InChI is InChI=1S/C28H30N4O4/c1-5-36-26-18-21(13-16-25(26)35-4)19-29-31-28(34)24(30-27(33)22-9-7-6-8-10-22)17-20-11-14-23(15-12-20)32(2)3/h6-19H,5H2,1-4H3,(H,30,33)(H,31,34)/b24-17+,29-19-. The second kappa shape index (κ2) is 12.8. The van der Waals surface area contributed by atoms with Crippen LogP contribution in [0.3, 0.4) is 0 Å². The number of nitrogens with zero attached hydrogens (tertiary/aromatic N) is 2. The minimum atomic E-state index is -0.564. The fourth-order valence-electron chi connectivity index (χ4n) is 3.25. The molecule has 186 valence electrons. The maximum absolute atomic E-state index is 13.0. The Bertz CT molecular complexity index is 1240. The summed E-state index contributed by atoms with van der Waals surface area (Å²) in [6.07, 6.45) is 3.09. The predicted octanol–water partition coefficient (Wildman–Crippen LogP) is 4.08. The molecule has 0 saturated heterocycles. The Hall–Kier alpha value is -4.59. The molecule has 3 rings (SSSR count). The third-order valence-electron chi connectivity index (χ3n) is 5.12. The van der Waals surface area contributed by atoms with Gasteiger partial charge in [0.1, 0.15) is 5.70 Å². The van der Waals surface area contributed by atoms with Crippen LogP contribution in [0.15, 0.2) is 83.6 Å². The second-order valence-electron chi connectivity index (χ2n) is 7.91. The first-order valence-electron chi connectivity index (χ1n) is 11.4. The first-order valence-corrected chi connectivity index (χ1v) is 11.4. The predicted molar refractivity (Wildman–Crippen MR) is 143 cm³/mol. The molecule has 0 aromatic heterocycles. The molecule has 0 spiro atoms. The van der Waals surface area contributed by atoms with Gasteiger partial charge < -0.3 is 19.7 Å². The van der Waals surface area contributed by atoms with Crippen LogP contribution in [0.2, 0.25) is 0 Å². The van der Waals surface area contributed by atoms with Gasteiger partial charge in [-0.25, -0.2) is 5.43 Å². The smallest absolute Gasteiger partial charge is 0.287 e. The third-order valence-corrected chi connectivity index (χ3v) is 5.12. The van der Waals surface area contributed by atoms with E-state index in [0.717, 1.165) is 11.3 Å². The summed E-state index contributed by atoms with van der Waals surface area (Å²) in [6.45, 7) is 2.37. The van der Waals surface area contributed by atoms with Crippen molar-refractivity contribution in [2.45, 2.75) is 6.92 Å². The summed E-state index contributed by atoms with van der Waals surface area (Å²) in [7, 11) is 5.46. The number of hydrogen-bond donors (Lipinski definition) is 2. The molecule has 0 heterocycles. The molecule has 36 heavy (non-hydrogen) atoms. The summed E-state index contributed by atoms with van der Waals surface area (Å²) in [5.41, 5.74) is 5.45. The number of anilines is 1. The van der Waals surface area contributed by atoms with Gasteiger partial charge in [0, 0.05) is 25.3 Å². The number of hydrogen-bond acceptors (Lipinski definition) is 6. The van der Waals surface area contributed by atoms with Gasteiger partial charge in [-0.3, -0.25) is 9.59 Å². The third kappa shape index (κ3) is 7.20. The fourth-order valence-corrected chi connectivity index (χ4v) is 3.25. The Kier molecular flexibility index (Phi) is 9.22. The highest BCUT2D eigenvalue weighted by Crippen LogP contribution is 2.27. The topological polar surface area (TPSA) is 92.3 Å². The minimum Gasteiger partial charge on any atom is -0.493 e. The average Bonchev–Trinajstić information content (AvgIpc) is 2.89. The monoisotopic (exact) mass is 486 g/mol. The summed E-state index contributed by atoms with van der Waals surface area (Å²) >= 11 is 0. The molecule has 0 radical (unpaired) electrons. The van der Waals surface area contributed by atoms with E-state index >= 15 is 0 Å². The highest BCUT2D eigenvalue weighted by atomic mass is 16.5. The zero-order valence-electron chi connectivity index (χ0n) is 20.8. The maximum Gasteiger partial charge on any atom is 0.287 e. The zero-order valence-corrected chi connectivity index (χ0v) is 20.8. The van der Waals surface area contributed by atoms with Crippen LogP contribution >= 0.6 is 0 Å². The number of hydrazone groups is 1. The SMILES string of the molecule is CCOc1cc(/C=N\NC(=O)/C(=C\c2ccc(N(C)C)cc2)NC(=O)c2ccccc2)ccc1OC. The molecule has 2 N–H and O–H groups in total.